The number of hydrogen-bond acceptors (Lipinski definition) is 5. The number of carboxylic acid groups (broad SMARTS) is 1. The summed E-state index contributed by atoms with van der Waals surface area (Å²) in [7, 11) is -2.45. The second kappa shape index (κ2) is 6.04. The lowest BCUT2D eigenvalue weighted by Crippen LogP contribution is -2.14. The van der Waals surface area contributed by atoms with Gasteiger partial charge in [0.1, 0.15) is 9.96 Å². The SMILES string of the molecule is COc1ccc(C(=O)O)c(NS(=O)(=O)c2ccc(Br)s2)c1. The number of rotatable bonds is 5. The van der Waals surface area contributed by atoms with Gasteiger partial charge in [0.15, 0.2) is 0 Å². The Balaban J connectivity index is 2.44. The molecule has 0 bridgehead atoms. The van der Waals surface area contributed by atoms with Crippen LogP contribution < -0.4 is 9.46 Å². The average molecular weight is 392 g/mol. The Bertz CT molecular complexity index is 785. The van der Waals surface area contributed by atoms with Crippen molar-refractivity contribution in [2.45, 2.75) is 4.21 Å². The highest BCUT2D eigenvalue weighted by atomic mass is 79.9. The normalized spacial score (nSPS) is 11.1. The number of ether oxygens (including phenoxy) is 1. The van der Waals surface area contributed by atoms with E-state index in [2.05, 4.69) is 20.7 Å². The van der Waals surface area contributed by atoms with Crippen LogP contribution in [-0.4, -0.2) is 26.6 Å². The molecule has 0 spiro atoms. The van der Waals surface area contributed by atoms with Gasteiger partial charge in [0.25, 0.3) is 10.0 Å². The maximum atomic E-state index is 12.2. The molecule has 1 heterocycles. The molecule has 1 aromatic carbocycles. The van der Waals surface area contributed by atoms with Crippen LogP contribution in [0.3, 0.4) is 0 Å². The number of anilines is 1. The van der Waals surface area contributed by atoms with Crippen LogP contribution in [-0.2, 0) is 10.0 Å². The molecule has 2 aromatic rings. The van der Waals surface area contributed by atoms with Gasteiger partial charge in [0.05, 0.1) is 22.1 Å². The molecule has 2 N–H and O–H groups in total. The van der Waals surface area contributed by atoms with Crippen LogP contribution in [0.25, 0.3) is 0 Å². The standard InChI is InChI=1S/C12H10BrNO5S2/c1-19-7-2-3-8(12(15)16)9(6-7)14-21(17,18)11-5-4-10(13)20-11/h2-6,14H,1H3,(H,15,16). The summed E-state index contributed by atoms with van der Waals surface area (Å²) >= 11 is 4.21. The van der Waals surface area contributed by atoms with Gasteiger partial charge < -0.3 is 9.84 Å². The van der Waals surface area contributed by atoms with Crippen molar-refractivity contribution in [1.82, 2.24) is 0 Å². The molecular weight excluding hydrogens is 382 g/mol. The summed E-state index contributed by atoms with van der Waals surface area (Å²) in [6, 6.07) is 7.08. The van der Waals surface area contributed by atoms with Crippen molar-refractivity contribution in [2.75, 3.05) is 11.8 Å². The molecule has 6 nitrogen and oxygen atoms in total. The Hall–Kier alpha value is -1.58. The third-order valence-electron chi connectivity index (χ3n) is 2.51. The highest BCUT2D eigenvalue weighted by Gasteiger charge is 2.20. The summed E-state index contributed by atoms with van der Waals surface area (Å²) < 4.78 is 32.5. The first-order valence-electron chi connectivity index (χ1n) is 5.53. The molecule has 112 valence electrons. The van der Waals surface area contributed by atoms with Gasteiger partial charge in [-0.2, -0.15) is 0 Å². The summed E-state index contributed by atoms with van der Waals surface area (Å²) in [5, 5.41) is 9.12. The number of methoxy groups -OCH3 is 1. The summed E-state index contributed by atoms with van der Waals surface area (Å²) in [6.45, 7) is 0. The number of thiophene rings is 1. The van der Waals surface area contributed by atoms with E-state index in [-0.39, 0.29) is 15.5 Å². The largest absolute Gasteiger partial charge is 0.497 e. The highest BCUT2D eigenvalue weighted by molar-refractivity contribution is 9.11. The quantitative estimate of drug-likeness (QED) is 0.816. The fourth-order valence-electron chi connectivity index (χ4n) is 1.56. The second-order valence-corrected chi connectivity index (χ2v) is 8.25. The van der Waals surface area contributed by atoms with Gasteiger partial charge in [-0.1, -0.05) is 0 Å². The summed E-state index contributed by atoms with van der Waals surface area (Å²) in [4.78, 5) is 11.2. The Morgan fingerprint density at radius 2 is 2.05 bits per heavy atom. The zero-order valence-electron chi connectivity index (χ0n) is 10.7. The van der Waals surface area contributed by atoms with Crippen molar-refractivity contribution in [3.63, 3.8) is 0 Å². The molecule has 0 aliphatic rings. The first kappa shape index (κ1) is 15.8. The van der Waals surface area contributed by atoms with Crippen LogP contribution in [0, 0.1) is 0 Å². The molecule has 0 unspecified atom stereocenters. The molecule has 0 aliphatic heterocycles. The molecule has 0 aliphatic carbocycles. The zero-order valence-corrected chi connectivity index (χ0v) is 13.9. The van der Waals surface area contributed by atoms with Crippen molar-refractivity contribution in [3.8, 4) is 5.75 Å². The molecular formula is C12H10BrNO5S2. The van der Waals surface area contributed by atoms with Gasteiger partial charge in [0, 0.05) is 6.07 Å². The first-order valence-corrected chi connectivity index (χ1v) is 8.62. The molecule has 0 radical (unpaired) electrons. The van der Waals surface area contributed by atoms with Crippen molar-refractivity contribution < 1.29 is 23.1 Å². The minimum Gasteiger partial charge on any atom is -0.497 e. The molecule has 0 fully saturated rings. The number of hydrogen-bond donors (Lipinski definition) is 2. The number of sulfonamides is 1. The lowest BCUT2D eigenvalue weighted by molar-refractivity contribution is 0.0698. The molecule has 0 atom stereocenters. The summed E-state index contributed by atoms with van der Waals surface area (Å²) in [5.41, 5.74) is -0.207. The van der Waals surface area contributed by atoms with Crippen LogP contribution in [0.15, 0.2) is 38.3 Å². The molecule has 21 heavy (non-hydrogen) atoms. The number of halogens is 1. The first-order chi connectivity index (χ1) is 9.83. The molecule has 0 saturated heterocycles. The van der Waals surface area contributed by atoms with E-state index in [0.29, 0.717) is 9.54 Å². The minimum absolute atomic E-state index is 0.0497. The van der Waals surface area contributed by atoms with Crippen LogP contribution in [0.2, 0.25) is 0 Å². The Morgan fingerprint density at radius 3 is 2.57 bits per heavy atom. The number of nitrogens with one attached hydrogen (secondary N) is 1. The van der Waals surface area contributed by atoms with Crippen LogP contribution in [0.5, 0.6) is 5.75 Å². The van der Waals surface area contributed by atoms with Gasteiger partial charge >= 0.3 is 5.97 Å². The maximum absolute atomic E-state index is 12.2. The maximum Gasteiger partial charge on any atom is 0.337 e. The van der Waals surface area contributed by atoms with Crippen molar-refractivity contribution in [1.29, 1.82) is 0 Å². The fraction of sp³-hybridized carbons (Fsp3) is 0.0833. The van der Waals surface area contributed by atoms with E-state index in [4.69, 9.17) is 9.84 Å². The molecule has 2 rings (SSSR count). The van der Waals surface area contributed by atoms with Gasteiger partial charge in [-0.3, -0.25) is 4.72 Å². The average Bonchev–Trinajstić information content (AvgIpc) is 2.85. The monoisotopic (exact) mass is 391 g/mol. The molecule has 0 saturated carbocycles. The third-order valence-corrected chi connectivity index (χ3v) is 6.00. The molecule has 9 heteroatoms. The Morgan fingerprint density at radius 1 is 1.33 bits per heavy atom. The Labute approximate surface area is 133 Å². The van der Waals surface area contributed by atoms with E-state index >= 15 is 0 Å². The van der Waals surface area contributed by atoms with Crippen molar-refractivity contribution in [2.24, 2.45) is 0 Å². The van der Waals surface area contributed by atoms with Gasteiger partial charge in [0.2, 0.25) is 0 Å². The van der Waals surface area contributed by atoms with E-state index in [1.54, 1.807) is 6.07 Å². The zero-order chi connectivity index (χ0) is 15.6. The predicted octanol–water partition coefficient (Wildman–Crippen LogP) is 3.02. The molecule has 0 amide bonds. The number of benzene rings is 1. The minimum atomic E-state index is -3.85. The summed E-state index contributed by atoms with van der Waals surface area (Å²) in [5.74, 6) is -0.882. The van der Waals surface area contributed by atoms with Crippen LogP contribution in [0.1, 0.15) is 10.4 Å². The topological polar surface area (TPSA) is 92.7 Å². The van der Waals surface area contributed by atoms with Crippen LogP contribution >= 0.6 is 27.3 Å². The molecule has 1 aromatic heterocycles. The van der Waals surface area contributed by atoms with Crippen LogP contribution in [0.4, 0.5) is 5.69 Å². The van der Waals surface area contributed by atoms with Crippen molar-refractivity contribution >= 4 is 48.9 Å². The fourth-order valence-corrected chi connectivity index (χ4v) is 4.64. The van der Waals surface area contributed by atoms with E-state index < -0.39 is 16.0 Å². The van der Waals surface area contributed by atoms with E-state index in [1.807, 2.05) is 0 Å². The highest BCUT2D eigenvalue weighted by Crippen LogP contribution is 2.30. The predicted molar refractivity (Wildman–Crippen MR) is 82.8 cm³/mol. The smallest absolute Gasteiger partial charge is 0.337 e. The van der Waals surface area contributed by atoms with Crippen molar-refractivity contribution in [3.05, 3.63) is 39.7 Å². The number of aromatic carboxylic acids is 1. The third kappa shape index (κ3) is 3.55. The Kier molecular flexibility index (Phi) is 4.55. The van der Waals surface area contributed by atoms with E-state index in [1.165, 1.54) is 31.4 Å². The number of carbonyl (C=O) groups is 1. The lowest BCUT2D eigenvalue weighted by atomic mass is 10.2. The number of carboxylic acids is 1. The van der Waals surface area contributed by atoms with Gasteiger partial charge in [-0.25, -0.2) is 13.2 Å². The van der Waals surface area contributed by atoms with Gasteiger partial charge in [-0.15, -0.1) is 11.3 Å². The van der Waals surface area contributed by atoms with E-state index in [0.717, 1.165) is 11.3 Å². The van der Waals surface area contributed by atoms with Gasteiger partial charge in [-0.05, 0) is 40.2 Å². The van der Waals surface area contributed by atoms with E-state index in [9.17, 15) is 13.2 Å². The lowest BCUT2D eigenvalue weighted by Gasteiger charge is -2.11. The second-order valence-electron chi connectivity index (χ2n) is 3.88. The summed E-state index contributed by atoms with van der Waals surface area (Å²) in [6.07, 6.45) is 0.